The largest absolute Gasteiger partial charge is 0.487 e. The molecule has 1 saturated heterocycles. The van der Waals surface area contributed by atoms with E-state index in [0.29, 0.717) is 17.8 Å². The van der Waals surface area contributed by atoms with Crippen molar-refractivity contribution in [3.8, 4) is 5.75 Å². The first-order chi connectivity index (χ1) is 15.4. The van der Waals surface area contributed by atoms with Gasteiger partial charge in [0.05, 0.1) is 29.7 Å². The second-order valence-electron chi connectivity index (χ2n) is 9.10. The number of hydrogen-bond acceptors (Lipinski definition) is 8. The molecular formula is C23H30N6O3. The van der Waals surface area contributed by atoms with Crippen LogP contribution in [-0.4, -0.2) is 74.6 Å². The molecule has 1 unspecified atom stereocenters. The molecule has 9 heteroatoms. The van der Waals surface area contributed by atoms with Gasteiger partial charge in [0, 0.05) is 63.2 Å². The Hall–Kier alpha value is -2.88. The van der Waals surface area contributed by atoms with Gasteiger partial charge in [0.25, 0.3) is 0 Å². The van der Waals surface area contributed by atoms with Gasteiger partial charge in [0.15, 0.2) is 11.9 Å². The zero-order valence-corrected chi connectivity index (χ0v) is 18.5. The molecule has 1 fully saturated rings. The van der Waals surface area contributed by atoms with Crippen LogP contribution in [0.3, 0.4) is 0 Å². The standard InChI is InChI=1S/C23H30N6O3/c1-23(2)14-16-12-18(26-22(31)17-15-25-29-5-3-4-24-21(17)29)19(13-20(16)32-23)28-8-6-27(7-9-28)10-11-30/h3-5,12-13,15,22,26,30-31H,6-11,14H2,1-2H3. The zero-order valence-electron chi connectivity index (χ0n) is 18.5. The maximum Gasteiger partial charge on any atom is 0.162 e. The van der Waals surface area contributed by atoms with E-state index in [0.717, 1.165) is 55.3 Å². The van der Waals surface area contributed by atoms with Crippen LogP contribution in [0.25, 0.3) is 5.65 Å². The molecule has 3 aromatic rings. The summed E-state index contributed by atoms with van der Waals surface area (Å²) in [6.45, 7) is 8.49. The third kappa shape index (κ3) is 3.99. The molecular weight excluding hydrogens is 408 g/mol. The third-order valence-electron chi connectivity index (χ3n) is 6.20. The highest BCUT2D eigenvalue weighted by Crippen LogP contribution is 2.42. The number of ether oxygens (including phenoxy) is 1. The van der Waals surface area contributed by atoms with E-state index in [4.69, 9.17) is 4.74 Å². The maximum atomic E-state index is 11.1. The van der Waals surface area contributed by atoms with Crippen LogP contribution >= 0.6 is 0 Å². The van der Waals surface area contributed by atoms with Crippen molar-refractivity contribution in [1.82, 2.24) is 19.5 Å². The lowest BCUT2D eigenvalue weighted by molar-refractivity contribution is 0.138. The van der Waals surface area contributed by atoms with E-state index in [1.807, 2.05) is 6.20 Å². The summed E-state index contributed by atoms with van der Waals surface area (Å²) in [5.41, 5.74) is 4.00. The average Bonchev–Trinajstić information content (AvgIpc) is 3.33. The molecule has 170 valence electrons. The molecule has 0 saturated carbocycles. The Labute approximate surface area is 187 Å². The van der Waals surface area contributed by atoms with E-state index in [1.165, 1.54) is 0 Å². The number of hydrogen-bond donors (Lipinski definition) is 3. The summed E-state index contributed by atoms with van der Waals surface area (Å²) in [5, 5.41) is 27.9. The Morgan fingerprint density at radius 1 is 1.22 bits per heavy atom. The molecule has 0 amide bonds. The van der Waals surface area contributed by atoms with Crippen LogP contribution in [0.5, 0.6) is 5.75 Å². The third-order valence-corrected chi connectivity index (χ3v) is 6.20. The van der Waals surface area contributed by atoms with E-state index in [1.54, 1.807) is 23.0 Å². The summed E-state index contributed by atoms with van der Waals surface area (Å²) in [7, 11) is 0. The Morgan fingerprint density at radius 2 is 2.03 bits per heavy atom. The molecule has 0 aliphatic carbocycles. The fourth-order valence-electron chi connectivity index (χ4n) is 4.63. The lowest BCUT2D eigenvalue weighted by Crippen LogP contribution is -2.47. The zero-order chi connectivity index (χ0) is 22.3. The van der Waals surface area contributed by atoms with Crippen LogP contribution in [0.2, 0.25) is 0 Å². The van der Waals surface area contributed by atoms with Gasteiger partial charge in [-0.3, -0.25) is 4.90 Å². The van der Waals surface area contributed by atoms with E-state index < -0.39 is 6.23 Å². The number of benzene rings is 1. The lowest BCUT2D eigenvalue weighted by atomic mass is 10.0. The minimum atomic E-state index is -0.954. The molecule has 2 aromatic heterocycles. The van der Waals surface area contributed by atoms with Crippen LogP contribution < -0.4 is 15.0 Å². The van der Waals surface area contributed by atoms with Gasteiger partial charge in [-0.05, 0) is 26.0 Å². The summed E-state index contributed by atoms with van der Waals surface area (Å²) < 4.78 is 7.84. The van der Waals surface area contributed by atoms with Gasteiger partial charge in [-0.15, -0.1) is 0 Å². The Balaban J connectivity index is 1.45. The van der Waals surface area contributed by atoms with Crippen molar-refractivity contribution in [2.75, 3.05) is 49.5 Å². The summed E-state index contributed by atoms with van der Waals surface area (Å²) >= 11 is 0. The molecule has 2 aliphatic heterocycles. The highest BCUT2D eigenvalue weighted by molar-refractivity contribution is 5.75. The molecule has 3 N–H and O–H groups in total. The average molecular weight is 439 g/mol. The van der Waals surface area contributed by atoms with Crippen LogP contribution in [-0.2, 0) is 6.42 Å². The first-order valence-electron chi connectivity index (χ1n) is 11.1. The van der Waals surface area contributed by atoms with E-state index >= 15 is 0 Å². The van der Waals surface area contributed by atoms with Crippen molar-refractivity contribution < 1.29 is 14.9 Å². The van der Waals surface area contributed by atoms with E-state index in [-0.39, 0.29) is 12.2 Å². The summed E-state index contributed by atoms with van der Waals surface area (Å²) in [6, 6.07) is 6.00. The molecule has 2 aliphatic rings. The van der Waals surface area contributed by atoms with Crippen LogP contribution in [0.4, 0.5) is 11.4 Å². The van der Waals surface area contributed by atoms with E-state index in [2.05, 4.69) is 51.2 Å². The monoisotopic (exact) mass is 438 g/mol. The summed E-state index contributed by atoms with van der Waals surface area (Å²) in [4.78, 5) is 8.93. The SMILES string of the molecule is CC1(C)Cc2cc(NC(O)c3cnn4cccnc34)c(N3CCN(CCO)CC3)cc2O1. The second kappa shape index (κ2) is 8.23. The predicted octanol–water partition coefficient (Wildman–Crippen LogP) is 1.66. The van der Waals surface area contributed by atoms with Crippen LogP contribution in [0.1, 0.15) is 31.2 Å². The quantitative estimate of drug-likeness (QED) is 0.500. The molecule has 5 rings (SSSR count). The molecule has 1 atom stereocenters. The maximum absolute atomic E-state index is 11.1. The highest BCUT2D eigenvalue weighted by atomic mass is 16.5. The fraction of sp³-hybridized carbons (Fsp3) is 0.478. The van der Waals surface area contributed by atoms with Crippen LogP contribution in [0, 0.1) is 0 Å². The van der Waals surface area contributed by atoms with Gasteiger partial charge in [-0.25, -0.2) is 9.50 Å². The minimum absolute atomic E-state index is 0.175. The second-order valence-corrected chi connectivity index (χ2v) is 9.10. The number of nitrogens with zero attached hydrogens (tertiary/aromatic N) is 5. The first-order valence-corrected chi connectivity index (χ1v) is 11.1. The number of aliphatic hydroxyl groups is 2. The summed E-state index contributed by atoms with van der Waals surface area (Å²) in [6.07, 6.45) is 5.01. The molecule has 32 heavy (non-hydrogen) atoms. The van der Waals surface area contributed by atoms with Crippen molar-refractivity contribution in [3.63, 3.8) is 0 Å². The number of aromatic nitrogens is 3. The molecule has 4 heterocycles. The predicted molar refractivity (Wildman–Crippen MR) is 122 cm³/mol. The smallest absolute Gasteiger partial charge is 0.162 e. The number of β-amino-alcohol motifs (C(OH)–C–C–N with tert-alkyl or cyclic N) is 1. The van der Waals surface area contributed by atoms with Gasteiger partial charge >= 0.3 is 0 Å². The van der Waals surface area contributed by atoms with Crippen molar-refractivity contribution >= 4 is 17.0 Å². The summed E-state index contributed by atoms with van der Waals surface area (Å²) in [5.74, 6) is 0.903. The number of piperazine rings is 1. The number of anilines is 2. The highest BCUT2D eigenvalue weighted by Gasteiger charge is 2.32. The Bertz CT molecular complexity index is 1110. The Kier molecular flexibility index (Phi) is 5.40. The van der Waals surface area contributed by atoms with Crippen molar-refractivity contribution in [1.29, 1.82) is 0 Å². The normalized spacial score (nSPS) is 19.1. The van der Waals surface area contributed by atoms with Gasteiger partial charge in [0.1, 0.15) is 11.4 Å². The number of rotatable bonds is 6. The van der Waals surface area contributed by atoms with Gasteiger partial charge < -0.3 is 25.2 Å². The van der Waals surface area contributed by atoms with Gasteiger partial charge in [0.2, 0.25) is 0 Å². The number of aliphatic hydroxyl groups excluding tert-OH is 2. The lowest BCUT2D eigenvalue weighted by Gasteiger charge is -2.37. The topological polar surface area (TPSA) is 98.4 Å². The molecule has 0 spiro atoms. The van der Waals surface area contributed by atoms with Crippen molar-refractivity contribution in [2.24, 2.45) is 0 Å². The van der Waals surface area contributed by atoms with Crippen molar-refractivity contribution in [3.05, 3.63) is 47.9 Å². The molecule has 0 bridgehead atoms. The molecule has 9 nitrogen and oxygen atoms in total. The number of nitrogens with one attached hydrogen (secondary N) is 1. The fourth-order valence-corrected chi connectivity index (χ4v) is 4.63. The minimum Gasteiger partial charge on any atom is -0.487 e. The first kappa shape index (κ1) is 21.0. The Morgan fingerprint density at radius 3 is 2.81 bits per heavy atom. The van der Waals surface area contributed by atoms with E-state index in [9.17, 15) is 10.2 Å². The molecule has 0 radical (unpaired) electrons. The van der Waals surface area contributed by atoms with Gasteiger partial charge in [-0.1, -0.05) is 0 Å². The number of fused-ring (bicyclic) bond motifs is 2. The van der Waals surface area contributed by atoms with Gasteiger partial charge in [-0.2, -0.15) is 5.10 Å². The molecule has 1 aromatic carbocycles. The van der Waals surface area contributed by atoms with Crippen molar-refractivity contribution in [2.45, 2.75) is 32.1 Å². The van der Waals surface area contributed by atoms with Crippen LogP contribution in [0.15, 0.2) is 36.8 Å².